The maximum Gasteiger partial charge on any atom is 0.129 e. The molecule has 0 saturated heterocycles. The Bertz CT molecular complexity index is 329. The monoisotopic (exact) mass is 240 g/mol. The second-order valence-corrected chi connectivity index (χ2v) is 4.66. The third kappa shape index (κ3) is 2.19. The average Bonchev–Trinajstić information content (AvgIpc) is 2.09. The largest absolute Gasteiger partial charge is 0.302 e. The zero-order valence-corrected chi connectivity index (χ0v) is 9.68. The molecule has 70 valence electrons. The fraction of sp³-hybridized carbons (Fsp3) is 0.364. The Kier molecular flexibility index (Phi) is 2.91. The quantitative estimate of drug-likeness (QED) is 0.726. The molecule has 0 amide bonds. The molecular weight excluding hydrogens is 228 g/mol. The fourth-order valence-electron chi connectivity index (χ4n) is 1.06. The maximum atomic E-state index is 10.8. The lowest BCUT2D eigenvalue weighted by atomic mass is 9.86. The molecule has 0 aliphatic rings. The number of hydrogen-bond acceptors (Lipinski definition) is 1. The number of halogens is 1. The van der Waals surface area contributed by atoms with Crippen LogP contribution < -0.4 is 0 Å². The van der Waals surface area contributed by atoms with E-state index in [4.69, 9.17) is 0 Å². The minimum absolute atomic E-state index is 0.393. The van der Waals surface area contributed by atoms with Crippen LogP contribution in [0.15, 0.2) is 22.7 Å². The Morgan fingerprint density at radius 3 is 2.46 bits per heavy atom. The molecule has 0 bridgehead atoms. The first-order chi connectivity index (χ1) is 5.97. The van der Waals surface area contributed by atoms with Gasteiger partial charge in [0.1, 0.15) is 6.29 Å². The molecule has 13 heavy (non-hydrogen) atoms. The van der Waals surface area contributed by atoms with E-state index in [-0.39, 0.29) is 0 Å². The topological polar surface area (TPSA) is 17.1 Å². The van der Waals surface area contributed by atoms with Gasteiger partial charge < -0.3 is 4.79 Å². The van der Waals surface area contributed by atoms with Crippen LogP contribution in [0.4, 0.5) is 0 Å². The minimum atomic E-state index is -0.393. The molecule has 0 unspecified atom stereocenters. The van der Waals surface area contributed by atoms with E-state index in [2.05, 4.69) is 15.9 Å². The van der Waals surface area contributed by atoms with E-state index in [0.717, 1.165) is 16.3 Å². The molecule has 0 heterocycles. The van der Waals surface area contributed by atoms with E-state index in [1.54, 1.807) is 0 Å². The normalized spacial score (nSPS) is 11.4. The molecule has 0 fully saturated rings. The van der Waals surface area contributed by atoms with Crippen LogP contribution in [-0.4, -0.2) is 6.29 Å². The van der Waals surface area contributed by atoms with Crippen molar-refractivity contribution in [2.24, 2.45) is 0 Å². The van der Waals surface area contributed by atoms with Gasteiger partial charge in [-0.1, -0.05) is 28.1 Å². The molecule has 2 heteroatoms. The van der Waals surface area contributed by atoms with Crippen molar-refractivity contribution >= 4 is 22.2 Å². The van der Waals surface area contributed by atoms with Gasteiger partial charge in [0.2, 0.25) is 0 Å². The first-order valence-corrected chi connectivity index (χ1v) is 4.99. The van der Waals surface area contributed by atoms with Crippen molar-refractivity contribution in [3.05, 3.63) is 33.8 Å². The second kappa shape index (κ2) is 3.62. The summed E-state index contributed by atoms with van der Waals surface area (Å²) in [6.07, 6.45) is 0.976. The van der Waals surface area contributed by atoms with Crippen molar-refractivity contribution < 1.29 is 4.79 Å². The summed E-state index contributed by atoms with van der Waals surface area (Å²) >= 11 is 3.45. The molecule has 0 atom stereocenters. The highest BCUT2D eigenvalue weighted by atomic mass is 79.9. The zero-order chi connectivity index (χ0) is 10.1. The molecular formula is C11H13BrO. The van der Waals surface area contributed by atoms with Crippen LogP contribution in [0.1, 0.15) is 25.0 Å². The first kappa shape index (κ1) is 10.5. The first-order valence-electron chi connectivity index (χ1n) is 4.20. The maximum absolute atomic E-state index is 10.8. The standard InChI is InChI=1S/C11H13BrO/c1-8-4-5-9(6-10(8)12)11(2,3)7-13/h4-7H,1-3H3. The van der Waals surface area contributed by atoms with Gasteiger partial charge in [-0.3, -0.25) is 0 Å². The Morgan fingerprint density at radius 1 is 1.38 bits per heavy atom. The second-order valence-electron chi connectivity index (χ2n) is 3.80. The number of aldehydes is 1. The van der Waals surface area contributed by atoms with E-state index in [1.807, 2.05) is 39.0 Å². The van der Waals surface area contributed by atoms with Crippen LogP contribution in [0.2, 0.25) is 0 Å². The molecule has 0 aromatic heterocycles. The zero-order valence-electron chi connectivity index (χ0n) is 8.10. The number of rotatable bonds is 2. The van der Waals surface area contributed by atoms with Gasteiger partial charge in [-0.2, -0.15) is 0 Å². The molecule has 0 aliphatic heterocycles. The van der Waals surface area contributed by atoms with Crippen molar-refractivity contribution in [3.8, 4) is 0 Å². The predicted octanol–water partition coefficient (Wildman–Crippen LogP) is 3.23. The van der Waals surface area contributed by atoms with E-state index in [9.17, 15) is 4.79 Å². The van der Waals surface area contributed by atoms with Gasteiger partial charge in [0.05, 0.1) is 0 Å². The van der Waals surface area contributed by atoms with Gasteiger partial charge >= 0.3 is 0 Å². The Balaban J connectivity index is 3.18. The van der Waals surface area contributed by atoms with Crippen LogP contribution in [-0.2, 0) is 10.2 Å². The molecule has 1 nitrogen and oxygen atoms in total. The van der Waals surface area contributed by atoms with E-state index >= 15 is 0 Å². The summed E-state index contributed by atoms with van der Waals surface area (Å²) in [6.45, 7) is 5.86. The van der Waals surface area contributed by atoms with E-state index < -0.39 is 5.41 Å². The van der Waals surface area contributed by atoms with E-state index in [0.29, 0.717) is 0 Å². The average molecular weight is 241 g/mol. The molecule has 1 rings (SSSR count). The van der Waals surface area contributed by atoms with Gasteiger partial charge in [0.15, 0.2) is 0 Å². The van der Waals surface area contributed by atoms with Crippen molar-refractivity contribution in [2.45, 2.75) is 26.2 Å². The highest BCUT2D eigenvalue weighted by Crippen LogP contribution is 2.25. The number of hydrogen-bond donors (Lipinski definition) is 0. The molecule has 0 aliphatic carbocycles. The molecule has 1 aromatic carbocycles. The highest BCUT2D eigenvalue weighted by molar-refractivity contribution is 9.10. The number of carbonyl (C=O) groups is 1. The Morgan fingerprint density at radius 2 is 2.00 bits per heavy atom. The van der Waals surface area contributed by atoms with Gasteiger partial charge in [-0.25, -0.2) is 0 Å². The number of aryl methyl sites for hydroxylation is 1. The van der Waals surface area contributed by atoms with Crippen molar-refractivity contribution in [1.82, 2.24) is 0 Å². The SMILES string of the molecule is Cc1ccc(C(C)(C)C=O)cc1Br. The van der Waals surface area contributed by atoms with Gasteiger partial charge in [-0.05, 0) is 38.0 Å². The van der Waals surface area contributed by atoms with Crippen LogP contribution in [0.25, 0.3) is 0 Å². The smallest absolute Gasteiger partial charge is 0.129 e. The van der Waals surface area contributed by atoms with Crippen LogP contribution in [0, 0.1) is 6.92 Å². The summed E-state index contributed by atoms with van der Waals surface area (Å²) in [7, 11) is 0. The lowest BCUT2D eigenvalue weighted by Gasteiger charge is -2.17. The third-order valence-corrected chi connectivity index (χ3v) is 3.06. The Labute approximate surface area is 87.3 Å². The summed E-state index contributed by atoms with van der Waals surface area (Å²) in [5.74, 6) is 0. The van der Waals surface area contributed by atoms with Gasteiger partial charge in [0, 0.05) is 9.89 Å². The molecule has 0 N–H and O–H groups in total. The number of carbonyl (C=O) groups excluding carboxylic acids is 1. The molecule has 1 aromatic rings. The third-order valence-electron chi connectivity index (χ3n) is 2.21. The summed E-state index contributed by atoms with van der Waals surface area (Å²) in [5.41, 5.74) is 1.83. The molecule has 0 saturated carbocycles. The van der Waals surface area contributed by atoms with Crippen molar-refractivity contribution in [1.29, 1.82) is 0 Å². The summed E-state index contributed by atoms with van der Waals surface area (Å²) in [6, 6.07) is 6.02. The summed E-state index contributed by atoms with van der Waals surface area (Å²) < 4.78 is 1.06. The Hall–Kier alpha value is -0.630. The lowest BCUT2D eigenvalue weighted by Crippen LogP contribution is -2.18. The lowest BCUT2D eigenvalue weighted by molar-refractivity contribution is -0.111. The minimum Gasteiger partial charge on any atom is -0.302 e. The summed E-state index contributed by atoms with van der Waals surface area (Å²) in [4.78, 5) is 10.8. The van der Waals surface area contributed by atoms with Gasteiger partial charge in [-0.15, -0.1) is 0 Å². The van der Waals surface area contributed by atoms with E-state index in [1.165, 1.54) is 5.56 Å². The van der Waals surface area contributed by atoms with Gasteiger partial charge in [0.25, 0.3) is 0 Å². The van der Waals surface area contributed by atoms with Crippen molar-refractivity contribution in [2.75, 3.05) is 0 Å². The highest BCUT2D eigenvalue weighted by Gasteiger charge is 2.19. The number of benzene rings is 1. The van der Waals surface area contributed by atoms with Crippen LogP contribution >= 0.6 is 15.9 Å². The fourth-order valence-corrected chi connectivity index (χ4v) is 1.44. The van der Waals surface area contributed by atoms with Crippen molar-refractivity contribution in [3.63, 3.8) is 0 Å². The predicted molar refractivity (Wildman–Crippen MR) is 58.0 cm³/mol. The molecule has 0 spiro atoms. The molecule has 0 radical (unpaired) electrons. The summed E-state index contributed by atoms with van der Waals surface area (Å²) in [5, 5.41) is 0. The van der Waals surface area contributed by atoms with Crippen LogP contribution in [0.5, 0.6) is 0 Å². The van der Waals surface area contributed by atoms with Crippen LogP contribution in [0.3, 0.4) is 0 Å².